The minimum atomic E-state index is -4.08. The highest BCUT2D eigenvalue weighted by Crippen LogP contribution is 2.28. The Morgan fingerprint density at radius 2 is 1.95 bits per heavy atom. The lowest BCUT2D eigenvalue weighted by Crippen LogP contribution is -2.58. The molecule has 1 atom stereocenters. The lowest BCUT2D eigenvalue weighted by Gasteiger charge is -2.40. The smallest absolute Gasteiger partial charge is 0.325 e. The van der Waals surface area contributed by atoms with Crippen molar-refractivity contribution in [1.29, 1.82) is 5.41 Å². The maximum atomic E-state index is 13.7. The summed E-state index contributed by atoms with van der Waals surface area (Å²) in [6.45, 7) is 2.96. The summed E-state index contributed by atoms with van der Waals surface area (Å²) in [4.78, 5) is 47.6. The minimum Gasteiger partial charge on any atom is -0.465 e. The maximum Gasteiger partial charge on any atom is 0.325 e. The third-order valence-corrected chi connectivity index (χ3v) is 10.3. The van der Waals surface area contributed by atoms with Gasteiger partial charge < -0.3 is 25.6 Å². The van der Waals surface area contributed by atoms with Crippen LogP contribution in [0.4, 0.5) is 0 Å². The van der Waals surface area contributed by atoms with Gasteiger partial charge in [0.2, 0.25) is 5.91 Å². The van der Waals surface area contributed by atoms with Crippen LogP contribution in [0.25, 0.3) is 10.8 Å². The van der Waals surface area contributed by atoms with Gasteiger partial charge in [0.15, 0.2) is 5.01 Å². The van der Waals surface area contributed by atoms with Gasteiger partial charge >= 0.3 is 16.2 Å². The average molecular weight is 631 g/mol. The molecule has 43 heavy (non-hydrogen) atoms. The van der Waals surface area contributed by atoms with E-state index in [4.69, 9.17) is 15.9 Å². The zero-order chi connectivity index (χ0) is 30.9. The third-order valence-electron chi connectivity index (χ3n) is 7.49. The van der Waals surface area contributed by atoms with E-state index < -0.39 is 28.1 Å². The quantitative estimate of drug-likeness (QED) is 0.171. The molecule has 0 spiro atoms. The molecule has 1 fully saturated rings. The summed E-state index contributed by atoms with van der Waals surface area (Å²) >= 11 is 1.32. The van der Waals surface area contributed by atoms with Crippen LogP contribution >= 0.6 is 11.3 Å². The fourth-order valence-electron chi connectivity index (χ4n) is 5.23. The largest absolute Gasteiger partial charge is 0.465 e. The van der Waals surface area contributed by atoms with Crippen molar-refractivity contribution < 1.29 is 27.5 Å². The lowest BCUT2D eigenvalue weighted by atomic mass is 10.1. The van der Waals surface area contributed by atoms with E-state index in [1.165, 1.54) is 32.9 Å². The van der Waals surface area contributed by atoms with E-state index in [9.17, 15) is 22.8 Å². The minimum absolute atomic E-state index is 0.00999. The van der Waals surface area contributed by atoms with Crippen LogP contribution in [0.1, 0.15) is 39.3 Å². The van der Waals surface area contributed by atoms with Crippen LogP contribution in [-0.2, 0) is 37.5 Å². The fraction of sp³-hybridized carbons (Fsp3) is 0.444. The molecule has 2 amide bonds. The highest BCUT2D eigenvalue weighted by atomic mass is 32.2. The van der Waals surface area contributed by atoms with E-state index in [1.54, 1.807) is 25.1 Å². The van der Waals surface area contributed by atoms with Gasteiger partial charge in [-0.25, -0.2) is 8.96 Å². The van der Waals surface area contributed by atoms with E-state index in [0.29, 0.717) is 27.9 Å². The molecule has 0 radical (unpaired) electrons. The van der Waals surface area contributed by atoms with E-state index >= 15 is 0 Å². The Labute approximate surface area is 253 Å². The van der Waals surface area contributed by atoms with Gasteiger partial charge in [-0.05, 0) is 20.0 Å². The summed E-state index contributed by atoms with van der Waals surface area (Å²) in [5.74, 6) is -1.59. The molecule has 3 aromatic rings. The fourth-order valence-corrected chi connectivity index (χ4v) is 7.81. The normalized spacial score (nSPS) is 17.9. The standard InChI is InChI=1S/C27H34N8O6S2/c1-3-41-24(37)12-30-23(36)11-20-15-33(43(39,40)34-13-18-5-4-17(25(28)29)10-19(18)14-34)8-9-35(20)27(38)26-31-21-6-7-32(2)16-22(21)42-26/h4-5,10,13-14,20H,3,6-9,11-12,15-16H2,1-2H3,(H3,28,29)(H,30,36). The number of nitrogens with two attached hydrogens (primary N) is 1. The van der Waals surface area contributed by atoms with Gasteiger partial charge in [-0.3, -0.25) is 19.8 Å². The Morgan fingerprint density at radius 1 is 1.19 bits per heavy atom. The molecule has 0 saturated carbocycles. The number of thiazole rings is 1. The summed E-state index contributed by atoms with van der Waals surface area (Å²) in [5, 5.41) is 11.7. The van der Waals surface area contributed by atoms with Crippen LogP contribution < -0.4 is 11.1 Å². The summed E-state index contributed by atoms with van der Waals surface area (Å²) in [5.41, 5.74) is 6.95. The number of amidine groups is 1. The van der Waals surface area contributed by atoms with Gasteiger partial charge in [-0.15, -0.1) is 11.3 Å². The van der Waals surface area contributed by atoms with Crippen molar-refractivity contribution in [2.24, 2.45) is 5.73 Å². The average Bonchev–Trinajstić information content (AvgIpc) is 3.60. The Kier molecular flexibility index (Phi) is 8.82. The van der Waals surface area contributed by atoms with Crippen LogP contribution in [0.5, 0.6) is 0 Å². The molecule has 14 nitrogen and oxygen atoms in total. The van der Waals surface area contributed by atoms with Crippen LogP contribution in [0.2, 0.25) is 0 Å². The number of ether oxygens (including phenoxy) is 1. The molecule has 1 unspecified atom stereocenters. The number of nitrogen functional groups attached to an aromatic ring is 1. The number of aromatic nitrogens is 2. The number of fused-ring (bicyclic) bond motifs is 2. The summed E-state index contributed by atoms with van der Waals surface area (Å²) in [7, 11) is -2.07. The van der Waals surface area contributed by atoms with Crippen LogP contribution in [-0.4, -0.2) is 108 Å². The number of hydrogen-bond donors (Lipinski definition) is 3. The Morgan fingerprint density at radius 3 is 2.70 bits per heavy atom. The van der Waals surface area contributed by atoms with Crippen molar-refractivity contribution in [2.75, 3.05) is 46.4 Å². The number of likely N-dealkylation sites (N-methyl/N-ethyl adjacent to an activating group) is 1. The molecule has 16 heteroatoms. The second-order valence-electron chi connectivity index (χ2n) is 10.5. The number of hydrogen-bond acceptors (Lipinski definition) is 10. The molecule has 2 aliphatic heterocycles. The van der Waals surface area contributed by atoms with Crippen LogP contribution in [0.15, 0.2) is 30.6 Å². The van der Waals surface area contributed by atoms with Crippen molar-refractivity contribution in [1.82, 2.24) is 28.4 Å². The Hall–Kier alpha value is -3.86. The molecule has 0 aliphatic carbocycles. The number of rotatable bonds is 9. The number of carbonyl (C=O) groups is 3. The Balaban J connectivity index is 1.38. The predicted octanol–water partition coefficient (Wildman–Crippen LogP) is 0.359. The first-order chi connectivity index (χ1) is 20.5. The van der Waals surface area contributed by atoms with Gasteiger partial charge in [0.1, 0.15) is 12.4 Å². The number of nitrogens with zero attached hydrogens (tertiary/aromatic N) is 5. The molecule has 0 bridgehead atoms. The lowest BCUT2D eigenvalue weighted by molar-refractivity contribution is -0.143. The summed E-state index contributed by atoms with van der Waals surface area (Å²) in [6.07, 6.45) is 3.44. The highest BCUT2D eigenvalue weighted by molar-refractivity contribution is 7.87. The number of piperazine rings is 1. The van der Waals surface area contributed by atoms with Crippen LogP contribution in [0.3, 0.4) is 0 Å². The molecule has 2 aliphatic rings. The van der Waals surface area contributed by atoms with Gasteiger partial charge in [-0.2, -0.15) is 12.7 Å². The predicted molar refractivity (Wildman–Crippen MR) is 160 cm³/mol. The van der Waals surface area contributed by atoms with Crippen molar-refractivity contribution in [3.8, 4) is 0 Å². The van der Waals surface area contributed by atoms with E-state index in [0.717, 1.165) is 27.5 Å². The molecule has 1 aromatic carbocycles. The van der Waals surface area contributed by atoms with Gasteiger partial charge in [0.25, 0.3) is 5.91 Å². The van der Waals surface area contributed by atoms with E-state index in [2.05, 4.69) is 15.2 Å². The second-order valence-corrected chi connectivity index (χ2v) is 13.4. The zero-order valence-electron chi connectivity index (χ0n) is 23.9. The van der Waals surface area contributed by atoms with Gasteiger partial charge in [0, 0.05) is 79.2 Å². The Bertz CT molecular complexity index is 1680. The molecule has 1 saturated heterocycles. The number of amides is 2. The number of benzene rings is 1. The zero-order valence-corrected chi connectivity index (χ0v) is 25.5. The first-order valence-electron chi connectivity index (χ1n) is 13.8. The topological polar surface area (TPSA) is 184 Å². The molecule has 5 rings (SSSR count). The highest BCUT2D eigenvalue weighted by Gasteiger charge is 2.39. The maximum absolute atomic E-state index is 13.7. The van der Waals surface area contributed by atoms with Crippen molar-refractivity contribution in [3.63, 3.8) is 0 Å². The van der Waals surface area contributed by atoms with Gasteiger partial charge in [0.05, 0.1) is 18.3 Å². The SMILES string of the molecule is CCOC(=O)CNC(=O)CC1CN(S(=O)(=O)n2cc3ccc(C(=N)N)cc3c2)CCN1C(=O)c1nc2c(s1)CN(C)CC2. The molecule has 2 aromatic heterocycles. The van der Waals surface area contributed by atoms with Crippen molar-refractivity contribution in [3.05, 3.63) is 51.7 Å². The summed E-state index contributed by atoms with van der Waals surface area (Å²) < 4.78 is 34.7. The number of carbonyl (C=O) groups excluding carboxylic acids is 3. The molecular weight excluding hydrogens is 596 g/mol. The number of esters is 1. The third kappa shape index (κ3) is 6.56. The number of nitrogens with one attached hydrogen (secondary N) is 2. The van der Waals surface area contributed by atoms with Crippen molar-refractivity contribution in [2.45, 2.75) is 32.4 Å². The van der Waals surface area contributed by atoms with E-state index in [-0.39, 0.29) is 50.9 Å². The second kappa shape index (κ2) is 12.4. The molecular formula is C27H34N8O6S2. The van der Waals surface area contributed by atoms with E-state index in [1.807, 2.05) is 7.05 Å². The monoisotopic (exact) mass is 630 g/mol. The molecule has 4 N–H and O–H groups in total. The van der Waals surface area contributed by atoms with Crippen molar-refractivity contribution >= 4 is 55.9 Å². The van der Waals surface area contributed by atoms with Gasteiger partial charge in [-0.1, -0.05) is 12.1 Å². The molecule has 4 heterocycles. The van der Waals surface area contributed by atoms with Crippen LogP contribution in [0, 0.1) is 5.41 Å². The molecule has 230 valence electrons. The summed E-state index contributed by atoms with van der Waals surface area (Å²) in [6, 6.07) is 4.17. The first kappa shape index (κ1) is 30.6. The first-order valence-corrected chi connectivity index (χ1v) is 16.0.